The number of benzene rings is 1. The number of nitrogens with zero attached hydrogens (tertiary/aromatic N) is 1. The molecule has 1 aromatic rings. The van der Waals surface area contributed by atoms with E-state index in [-0.39, 0.29) is 5.84 Å². The molecule has 16 heavy (non-hydrogen) atoms. The lowest BCUT2D eigenvalue weighted by Gasteiger charge is -2.07. The molecule has 88 valence electrons. The molecule has 0 fully saturated rings. The van der Waals surface area contributed by atoms with E-state index in [0.29, 0.717) is 35.2 Å². The summed E-state index contributed by atoms with van der Waals surface area (Å²) in [5, 5.41) is 12.2. The zero-order valence-electron chi connectivity index (χ0n) is 8.49. The molecule has 1 rings (SSSR count). The van der Waals surface area contributed by atoms with E-state index in [1.807, 2.05) is 0 Å². The maximum absolute atomic E-state index is 8.31. The number of ether oxygens (including phenoxy) is 1. The average molecular weight is 263 g/mol. The quantitative estimate of drug-likeness (QED) is 0.282. The summed E-state index contributed by atoms with van der Waals surface area (Å²) in [5.74, 6) is 0.761. The van der Waals surface area contributed by atoms with Crippen LogP contribution in [0.2, 0.25) is 10.0 Å². The first kappa shape index (κ1) is 12.9. The summed E-state index contributed by atoms with van der Waals surface area (Å²) in [5.41, 5.74) is 5.30. The van der Waals surface area contributed by atoms with Crippen molar-refractivity contribution in [1.29, 1.82) is 0 Å². The standard InChI is InChI=1S/C10H12Cl2N2O2/c11-7-3-4-9(8(12)6-7)16-5-1-2-10(13)14-15/h3-4,6,15H,1-2,5H2,(H2,13,14). The van der Waals surface area contributed by atoms with Crippen LogP contribution in [-0.2, 0) is 0 Å². The van der Waals surface area contributed by atoms with Crippen LogP contribution in [-0.4, -0.2) is 17.6 Å². The molecule has 3 N–H and O–H groups in total. The van der Waals surface area contributed by atoms with Crippen LogP contribution in [0.3, 0.4) is 0 Å². The molecule has 1 aromatic carbocycles. The Bertz CT molecular complexity index is 383. The Hall–Kier alpha value is -1.13. The van der Waals surface area contributed by atoms with Crippen molar-refractivity contribution in [2.75, 3.05) is 6.61 Å². The molecular weight excluding hydrogens is 251 g/mol. The van der Waals surface area contributed by atoms with Gasteiger partial charge in [-0.1, -0.05) is 28.4 Å². The van der Waals surface area contributed by atoms with Gasteiger partial charge >= 0.3 is 0 Å². The Morgan fingerprint density at radius 3 is 2.81 bits per heavy atom. The van der Waals surface area contributed by atoms with Crippen molar-refractivity contribution in [3.05, 3.63) is 28.2 Å². The number of amidine groups is 1. The monoisotopic (exact) mass is 262 g/mol. The van der Waals surface area contributed by atoms with Gasteiger partial charge in [0.2, 0.25) is 0 Å². The van der Waals surface area contributed by atoms with E-state index in [9.17, 15) is 0 Å². The molecule has 0 aliphatic carbocycles. The van der Waals surface area contributed by atoms with Crippen LogP contribution in [0, 0.1) is 0 Å². The van der Waals surface area contributed by atoms with Crippen LogP contribution in [0.1, 0.15) is 12.8 Å². The Balaban J connectivity index is 2.37. The molecule has 0 aliphatic heterocycles. The molecular formula is C10H12Cl2N2O2. The van der Waals surface area contributed by atoms with Crippen LogP contribution in [0.4, 0.5) is 0 Å². The van der Waals surface area contributed by atoms with Crippen molar-refractivity contribution in [2.45, 2.75) is 12.8 Å². The first-order chi connectivity index (χ1) is 7.63. The van der Waals surface area contributed by atoms with Crippen LogP contribution < -0.4 is 10.5 Å². The van der Waals surface area contributed by atoms with Crippen LogP contribution >= 0.6 is 23.2 Å². The van der Waals surface area contributed by atoms with Crippen molar-refractivity contribution in [1.82, 2.24) is 0 Å². The highest BCUT2D eigenvalue weighted by Crippen LogP contribution is 2.27. The van der Waals surface area contributed by atoms with E-state index in [1.165, 1.54) is 0 Å². The van der Waals surface area contributed by atoms with Gasteiger partial charge in [-0.05, 0) is 24.6 Å². The van der Waals surface area contributed by atoms with Gasteiger partial charge in [0.05, 0.1) is 11.6 Å². The third-order valence-electron chi connectivity index (χ3n) is 1.86. The smallest absolute Gasteiger partial charge is 0.139 e. The lowest BCUT2D eigenvalue weighted by Crippen LogP contribution is -2.12. The SMILES string of the molecule is N/C(CCCOc1ccc(Cl)cc1Cl)=N\O. The molecule has 0 saturated carbocycles. The number of rotatable bonds is 5. The Kier molecular flexibility index (Phi) is 5.22. The fourth-order valence-corrected chi connectivity index (χ4v) is 1.54. The van der Waals surface area contributed by atoms with Gasteiger partial charge in [0.1, 0.15) is 11.6 Å². The zero-order chi connectivity index (χ0) is 12.0. The van der Waals surface area contributed by atoms with Crippen LogP contribution in [0.25, 0.3) is 0 Å². The summed E-state index contributed by atoms with van der Waals surface area (Å²) in [4.78, 5) is 0. The zero-order valence-corrected chi connectivity index (χ0v) is 10.0. The largest absolute Gasteiger partial charge is 0.492 e. The number of nitrogens with two attached hydrogens (primary N) is 1. The van der Waals surface area contributed by atoms with E-state index < -0.39 is 0 Å². The summed E-state index contributed by atoms with van der Waals surface area (Å²) < 4.78 is 5.40. The predicted octanol–water partition coefficient (Wildman–Crippen LogP) is 2.90. The molecule has 0 unspecified atom stereocenters. The van der Waals surface area contributed by atoms with E-state index >= 15 is 0 Å². The van der Waals surface area contributed by atoms with E-state index in [1.54, 1.807) is 18.2 Å². The lowest BCUT2D eigenvalue weighted by atomic mass is 10.3. The first-order valence-corrected chi connectivity index (χ1v) is 5.43. The fourth-order valence-electron chi connectivity index (χ4n) is 1.08. The molecule has 0 spiro atoms. The average Bonchev–Trinajstić information content (AvgIpc) is 2.26. The minimum absolute atomic E-state index is 0.186. The highest BCUT2D eigenvalue weighted by molar-refractivity contribution is 6.35. The maximum Gasteiger partial charge on any atom is 0.139 e. The summed E-state index contributed by atoms with van der Waals surface area (Å²) in [6, 6.07) is 5.02. The van der Waals surface area contributed by atoms with Crippen LogP contribution in [0.5, 0.6) is 5.75 Å². The molecule has 0 heterocycles. The van der Waals surface area contributed by atoms with Crippen molar-refractivity contribution >= 4 is 29.0 Å². The highest BCUT2D eigenvalue weighted by Gasteiger charge is 2.02. The molecule has 0 saturated heterocycles. The fraction of sp³-hybridized carbons (Fsp3) is 0.300. The first-order valence-electron chi connectivity index (χ1n) is 4.67. The highest BCUT2D eigenvalue weighted by atomic mass is 35.5. The third-order valence-corrected chi connectivity index (χ3v) is 2.39. The van der Waals surface area contributed by atoms with Gasteiger partial charge in [0, 0.05) is 11.4 Å². The van der Waals surface area contributed by atoms with Gasteiger partial charge in [-0.25, -0.2) is 0 Å². The van der Waals surface area contributed by atoms with Gasteiger partial charge < -0.3 is 15.7 Å². The van der Waals surface area contributed by atoms with Crippen molar-refractivity contribution in [3.63, 3.8) is 0 Å². The molecule has 0 aromatic heterocycles. The summed E-state index contributed by atoms with van der Waals surface area (Å²) in [7, 11) is 0. The molecule has 6 heteroatoms. The Morgan fingerprint density at radius 2 is 2.19 bits per heavy atom. The number of hydrogen-bond acceptors (Lipinski definition) is 3. The van der Waals surface area contributed by atoms with Gasteiger partial charge in [0.15, 0.2) is 0 Å². The molecule has 4 nitrogen and oxygen atoms in total. The topological polar surface area (TPSA) is 67.8 Å². The van der Waals surface area contributed by atoms with Crippen LogP contribution in [0.15, 0.2) is 23.4 Å². The summed E-state index contributed by atoms with van der Waals surface area (Å²) >= 11 is 11.6. The molecule has 0 atom stereocenters. The van der Waals surface area contributed by atoms with Crippen molar-refractivity contribution in [2.24, 2.45) is 10.9 Å². The van der Waals surface area contributed by atoms with Gasteiger partial charge in [-0.2, -0.15) is 0 Å². The van der Waals surface area contributed by atoms with E-state index in [0.717, 1.165) is 0 Å². The van der Waals surface area contributed by atoms with E-state index in [2.05, 4.69) is 5.16 Å². The molecule has 0 amide bonds. The van der Waals surface area contributed by atoms with Gasteiger partial charge in [-0.15, -0.1) is 0 Å². The summed E-state index contributed by atoms with van der Waals surface area (Å²) in [6.45, 7) is 0.442. The van der Waals surface area contributed by atoms with Gasteiger partial charge in [-0.3, -0.25) is 0 Å². The second-order valence-corrected chi connectivity index (χ2v) is 3.96. The summed E-state index contributed by atoms with van der Waals surface area (Å²) in [6.07, 6.45) is 1.12. The Morgan fingerprint density at radius 1 is 1.44 bits per heavy atom. The minimum atomic E-state index is 0.186. The normalized spacial score (nSPS) is 11.5. The van der Waals surface area contributed by atoms with Crippen molar-refractivity contribution in [3.8, 4) is 5.75 Å². The van der Waals surface area contributed by atoms with Gasteiger partial charge in [0.25, 0.3) is 0 Å². The molecule has 0 bridgehead atoms. The number of halogens is 2. The second kappa shape index (κ2) is 6.45. The maximum atomic E-state index is 8.31. The molecule has 0 aliphatic rings. The Labute approximate surface area is 104 Å². The predicted molar refractivity (Wildman–Crippen MR) is 64.6 cm³/mol. The molecule has 0 radical (unpaired) electrons. The number of hydrogen-bond donors (Lipinski definition) is 2. The second-order valence-electron chi connectivity index (χ2n) is 3.12. The number of oxime groups is 1. The van der Waals surface area contributed by atoms with E-state index in [4.69, 9.17) is 38.9 Å². The minimum Gasteiger partial charge on any atom is -0.492 e. The lowest BCUT2D eigenvalue weighted by molar-refractivity contribution is 0.305. The third kappa shape index (κ3) is 4.16. The van der Waals surface area contributed by atoms with Crippen molar-refractivity contribution < 1.29 is 9.94 Å².